The molecule has 1 amide bonds. The summed E-state index contributed by atoms with van der Waals surface area (Å²) in [5, 5.41) is 4.84. The highest BCUT2D eigenvalue weighted by atomic mass is 32.2. The second-order valence-electron chi connectivity index (χ2n) is 6.15. The van der Waals surface area contributed by atoms with Crippen molar-refractivity contribution in [2.24, 2.45) is 0 Å². The van der Waals surface area contributed by atoms with E-state index in [2.05, 4.69) is 25.6 Å². The summed E-state index contributed by atoms with van der Waals surface area (Å²) in [4.78, 5) is 29.5. The molecule has 1 N–H and O–H groups in total. The fraction of sp³-hybridized carbons (Fsp3) is 0.294. The van der Waals surface area contributed by atoms with E-state index in [0.29, 0.717) is 18.2 Å². The van der Waals surface area contributed by atoms with Crippen LogP contribution >= 0.6 is 11.8 Å². The standard InChI is InChI=1S/C17H18N6OS/c1-11(2)23-9-15(24)21-16-17(23)20-13(8-19-16)12-3-4-14(18-7-12)22-5-6-25-10-22/h3-8,11H,9-10H2,1-2H3,(H,19,21,24). The van der Waals surface area contributed by atoms with Gasteiger partial charge in [-0.1, -0.05) is 0 Å². The van der Waals surface area contributed by atoms with Gasteiger partial charge in [0.25, 0.3) is 0 Å². The van der Waals surface area contributed by atoms with Crippen molar-refractivity contribution >= 4 is 35.1 Å². The topological polar surface area (TPSA) is 74.2 Å². The maximum atomic E-state index is 11.8. The van der Waals surface area contributed by atoms with E-state index in [1.54, 1.807) is 18.0 Å². The molecular weight excluding hydrogens is 336 g/mol. The molecule has 0 atom stereocenters. The Hall–Kier alpha value is -2.61. The van der Waals surface area contributed by atoms with Crippen LogP contribution in [0.5, 0.6) is 0 Å². The fourth-order valence-corrected chi connectivity index (χ4v) is 3.47. The van der Waals surface area contributed by atoms with Gasteiger partial charge in [-0.25, -0.2) is 15.0 Å². The van der Waals surface area contributed by atoms with Crippen molar-refractivity contribution in [3.8, 4) is 11.3 Å². The van der Waals surface area contributed by atoms with Gasteiger partial charge in [0.15, 0.2) is 11.6 Å². The van der Waals surface area contributed by atoms with E-state index in [0.717, 1.165) is 23.0 Å². The summed E-state index contributed by atoms with van der Waals surface area (Å²) < 4.78 is 0. The molecule has 0 unspecified atom stereocenters. The van der Waals surface area contributed by atoms with Crippen molar-refractivity contribution in [1.82, 2.24) is 15.0 Å². The monoisotopic (exact) mass is 354 g/mol. The second kappa shape index (κ2) is 6.36. The van der Waals surface area contributed by atoms with E-state index in [9.17, 15) is 4.79 Å². The summed E-state index contributed by atoms with van der Waals surface area (Å²) in [6.07, 6.45) is 5.50. The highest BCUT2D eigenvalue weighted by molar-refractivity contribution is 8.02. The van der Waals surface area contributed by atoms with Crippen molar-refractivity contribution in [2.45, 2.75) is 19.9 Å². The van der Waals surface area contributed by atoms with E-state index in [4.69, 9.17) is 4.98 Å². The van der Waals surface area contributed by atoms with E-state index in [-0.39, 0.29) is 11.9 Å². The molecule has 2 aliphatic rings. The van der Waals surface area contributed by atoms with Gasteiger partial charge >= 0.3 is 0 Å². The zero-order chi connectivity index (χ0) is 17.4. The minimum atomic E-state index is -0.0641. The molecule has 8 heteroatoms. The number of hydrogen-bond donors (Lipinski definition) is 1. The molecule has 2 aliphatic heterocycles. The fourth-order valence-electron chi connectivity index (χ4n) is 2.77. The number of hydrogen-bond acceptors (Lipinski definition) is 7. The van der Waals surface area contributed by atoms with Gasteiger partial charge in [0.1, 0.15) is 5.82 Å². The Morgan fingerprint density at radius 3 is 2.80 bits per heavy atom. The molecule has 4 rings (SSSR count). The number of nitrogens with one attached hydrogen (secondary N) is 1. The highest BCUT2D eigenvalue weighted by Crippen LogP contribution is 2.30. The lowest BCUT2D eigenvalue weighted by atomic mass is 10.2. The maximum Gasteiger partial charge on any atom is 0.245 e. The average Bonchev–Trinajstić information content (AvgIpc) is 3.15. The number of pyridine rings is 1. The van der Waals surface area contributed by atoms with Gasteiger partial charge in [-0.3, -0.25) is 4.79 Å². The van der Waals surface area contributed by atoms with Crippen LogP contribution in [0.2, 0.25) is 0 Å². The Kier molecular flexibility index (Phi) is 4.04. The zero-order valence-corrected chi connectivity index (χ0v) is 14.8. The van der Waals surface area contributed by atoms with Crippen molar-refractivity contribution < 1.29 is 4.79 Å². The molecule has 25 heavy (non-hydrogen) atoms. The van der Waals surface area contributed by atoms with Crippen LogP contribution in [0.1, 0.15) is 13.8 Å². The van der Waals surface area contributed by atoms with Crippen molar-refractivity contribution in [3.05, 3.63) is 36.1 Å². The Morgan fingerprint density at radius 2 is 2.12 bits per heavy atom. The molecule has 7 nitrogen and oxygen atoms in total. The number of rotatable bonds is 3. The van der Waals surface area contributed by atoms with Gasteiger partial charge in [0, 0.05) is 24.0 Å². The molecule has 0 saturated carbocycles. The van der Waals surface area contributed by atoms with Gasteiger partial charge in [-0.15, -0.1) is 11.8 Å². The van der Waals surface area contributed by atoms with E-state index < -0.39 is 0 Å². The summed E-state index contributed by atoms with van der Waals surface area (Å²) in [7, 11) is 0. The van der Waals surface area contributed by atoms with Gasteiger partial charge in [0.05, 0.1) is 24.3 Å². The van der Waals surface area contributed by atoms with Gasteiger partial charge < -0.3 is 15.1 Å². The molecule has 0 spiro atoms. The van der Waals surface area contributed by atoms with Crippen LogP contribution in [0, 0.1) is 0 Å². The van der Waals surface area contributed by atoms with E-state index >= 15 is 0 Å². The quantitative estimate of drug-likeness (QED) is 0.908. The Bertz CT molecular complexity index is 836. The first-order valence-corrected chi connectivity index (χ1v) is 9.11. The first-order chi connectivity index (χ1) is 12.1. The predicted octanol–water partition coefficient (Wildman–Crippen LogP) is 2.69. The van der Waals surface area contributed by atoms with Crippen LogP contribution in [-0.2, 0) is 4.79 Å². The number of thioether (sulfide) groups is 1. The number of fused-ring (bicyclic) bond motifs is 1. The number of carbonyl (C=O) groups is 1. The lowest BCUT2D eigenvalue weighted by Crippen LogP contribution is -2.43. The average molecular weight is 354 g/mol. The SMILES string of the molecule is CC(C)N1CC(=O)Nc2ncc(-c3ccc(N4C=CSC4)nc3)nc21. The van der Waals surface area contributed by atoms with Crippen molar-refractivity contribution in [1.29, 1.82) is 0 Å². The zero-order valence-electron chi connectivity index (χ0n) is 14.0. The first-order valence-electron chi connectivity index (χ1n) is 8.07. The number of nitrogens with zero attached hydrogens (tertiary/aromatic N) is 5. The molecule has 0 radical (unpaired) electrons. The highest BCUT2D eigenvalue weighted by Gasteiger charge is 2.26. The van der Waals surface area contributed by atoms with Gasteiger partial charge in [-0.05, 0) is 31.4 Å². The normalized spacial score (nSPS) is 16.4. The molecule has 0 aliphatic carbocycles. The Labute approximate surface area is 150 Å². The smallest absolute Gasteiger partial charge is 0.245 e. The molecule has 2 aromatic rings. The lowest BCUT2D eigenvalue weighted by Gasteiger charge is -2.32. The summed E-state index contributed by atoms with van der Waals surface area (Å²) >= 11 is 1.74. The molecule has 0 bridgehead atoms. The van der Waals surface area contributed by atoms with E-state index in [1.807, 2.05) is 43.3 Å². The summed E-state index contributed by atoms with van der Waals surface area (Å²) in [6.45, 7) is 4.36. The predicted molar refractivity (Wildman–Crippen MR) is 100 cm³/mol. The van der Waals surface area contributed by atoms with Crippen LogP contribution in [-0.4, -0.2) is 39.3 Å². The summed E-state index contributed by atoms with van der Waals surface area (Å²) in [5.74, 6) is 2.94. The van der Waals surface area contributed by atoms with E-state index in [1.165, 1.54) is 0 Å². The van der Waals surface area contributed by atoms with Crippen LogP contribution in [0.4, 0.5) is 17.5 Å². The van der Waals surface area contributed by atoms with Crippen molar-refractivity contribution in [2.75, 3.05) is 27.5 Å². The minimum absolute atomic E-state index is 0.0641. The first kappa shape index (κ1) is 15.9. The van der Waals surface area contributed by atoms with Crippen LogP contribution in [0.3, 0.4) is 0 Å². The maximum absolute atomic E-state index is 11.8. The number of amides is 1. The second-order valence-corrected chi connectivity index (χ2v) is 7.02. The third-order valence-corrected chi connectivity index (χ3v) is 4.85. The molecular formula is C17H18N6OS. The number of carbonyl (C=O) groups excluding carboxylic acids is 1. The summed E-state index contributed by atoms with van der Waals surface area (Å²) in [5.41, 5.74) is 1.64. The van der Waals surface area contributed by atoms with Gasteiger partial charge in [0.2, 0.25) is 5.91 Å². The van der Waals surface area contributed by atoms with Crippen molar-refractivity contribution in [3.63, 3.8) is 0 Å². The summed E-state index contributed by atoms with van der Waals surface area (Å²) in [6, 6.07) is 4.14. The van der Waals surface area contributed by atoms with Crippen LogP contribution < -0.4 is 15.1 Å². The third-order valence-electron chi connectivity index (χ3n) is 4.11. The third kappa shape index (κ3) is 3.05. The lowest BCUT2D eigenvalue weighted by molar-refractivity contribution is -0.115. The minimum Gasteiger partial charge on any atom is -0.342 e. The Balaban J connectivity index is 1.66. The number of anilines is 3. The molecule has 0 saturated heterocycles. The van der Waals surface area contributed by atoms with Gasteiger partial charge in [-0.2, -0.15) is 0 Å². The molecule has 0 fully saturated rings. The van der Waals surface area contributed by atoms with Crippen LogP contribution in [0.15, 0.2) is 36.1 Å². The largest absolute Gasteiger partial charge is 0.342 e. The van der Waals surface area contributed by atoms with Crippen LogP contribution in [0.25, 0.3) is 11.3 Å². The molecule has 4 heterocycles. The molecule has 2 aromatic heterocycles. The Morgan fingerprint density at radius 1 is 1.24 bits per heavy atom. The number of aromatic nitrogens is 3. The molecule has 128 valence electrons. The molecule has 0 aromatic carbocycles.